The van der Waals surface area contributed by atoms with E-state index in [0.29, 0.717) is 0 Å². The predicted octanol–water partition coefficient (Wildman–Crippen LogP) is -0.911. The van der Waals surface area contributed by atoms with Gasteiger partial charge in [0.2, 0.25) is 11.7 Å². The molecule has 0 unspecified atom stereocenters. The van der Waals surface area contributed by atoms with Crippen molar-refractivity contribution in [3.8, 4) is 0 Å². The van der Waals surface area contributed by atoms with Crippen LogP contribution in [-0.4, -0.2) is 59.5 Å². The summed E-state index contributed by atoms with van der Waals surface area (Å²) >= 11 is 0. The Balaban J connectivity index is 3.24. The zero-order valence-electron chi connectivity index (χ0n) is 12.7. The number of esters is 3. The van der Waals surface area contributed by atoms with Crippen LogP contribution in [0, 0.1) is 0 Å². The fraction of sp³-hybridized carbons (Fsp3) is 0.692. The molecule has 9 nitrogen and oxygen atoms in total. The molecular formula is C13H18O9. The first-order valence-corrected chi connectivity index (χ1v) is 6.46. The van der Waals surface area contributed by atoms with Crippen LogP contribution in [0.5, 0.6) is 0 Å². The van der Waals surface area contributed by atoms with Crippen molar-refractivity contribution in [1.29, 1.82) is 0 Å². The van der Waals surface area contributed by atoms with Crippen molar-refractivity contribution in [1.82, 2.24) is 0 Å². The maximum absolute atomic E-state index is 12.1. The predicted molar refractivity (Wildman–Crippen MR) is 68.2 cm³/mol. The van der Waals surface area contributed by atoms with Gasteiger partial charge in [-0.15, -0.1) is 0 Å². The quantitative estimate of drug-likeness (QED) is 0.506. The van der Waals surface area contributed by atoms with Crippen LogP contribution in [0.15, 0.2) is 0 Å². The Morgan fingerprint density at radius 3 is 2.05 bits per heavy atom. The van der Waals surface area contributed by atoms with Crippen LogP contribution in [0.25, 0.3) is 0 Å². The molecule has 1 fully saturated rings. The van der Waals surface area contributed by atoms with Gasteiger partial charge in [-0.25, -0.2) is 0 Å². The molecule has 0 aliphatic carbocycles. The number of hydrogen-bond donors (Lipinski definition) is 1. The van der Waals surface area contributed by atoms with E-state index in [4.69, 9.17) is 18.9 Å². The number of carbonyl (C=O) groups is 4. The molecule has 0 spiro atoms. The van der Waals surface area contributed by atoms with Crippen molar-refractivity contribution in [3.05, 3.63) is 0 Å². The lowest BCUT2D eigenvalue weighted by molar-refractivity contribution is -0.192. The van der Waals surface area contributed by atoms with Crippen molar-refractivity contribution in [2.24, 2.45) is 0 Å². The number of hydrogen-bond acceptors (Lipinski definition) is 9. The molecular weight excluding hydrogens is 300 g/mol. The number of ether oxygens (including phenoxy) is 4. The largest absolute Gasteiger partial charge is 0.463 e. The molecule has 4 atom stereocenters. The number of rotatable bonds is 5. The Labute approximate surface area is 126 Å². The molecule has 0 aromatic rings. The molecule has 0 bridgehead atoms. The van der Waals surface area contributed by atoms with Gasteiger partial charge in [0.05, 0.1) is 0 Å². The van der Waals surface area contributed by atoms with E-state index in [1.165, 1.54) is 0 Å². The molecule has 0 aromatic carbocycles. The molecule has 0 saturated carbocycles. The Morgan fingerprint density at radius 1 is 1.05 bits per heavy atom. The van der Waals surface area contributed by atoms with Gasteiger partial charge in [0.15, 0.2) is 12.1 Å². The van der Waals surface area contributed by atoms with Gasteiger partial charge in [0.1, 0.15) is 12.7 Å². The molecule has 0 radical (unpaired) electrons. The monoisotopic (exact) mass is 318 g/mol. The second-order valence-corrected chi connectivity index (χ2v) is 4.79. The molecule has 1 heterocycles. The van der Waals surface area contributed by atoms with Gasteiger partial charge < -0.3 is 24.1 Å². The zero-order chi connectivity index (χ0) is 17.1. The smallest absolute Gasteiger partial charge is 0.303 e. The second-order valence-electron chi connectivity index (χ2n) is 4.79. The van der Waals surface area contributed by atoms with Crippen LogP contribution in [0.4, 0.5) is 0 Å². The van der Waals surface area contributed by atoms with Crippen LogP contribution in [0.1, 0.15) is 27.7 Å². The molecule has 9 heteroatoms. The summed E-state index contributed by atoms with van der Waals surface area (Å²) in [7, 11) is 0. The van der Waals surface area contributed by atoms with Crippen molar-refractivity contribution in [3.63, 3.8) is 0 Å². The lowest BCUT2D eigenvalue weighted by atomic mass is 9.88. The highest BCUT2D eigenvalue weighted by atomic mass is 16.7. The summed E-state index contributed by atoms with van der Waals surface area (Å²) in [6.07, 6.45) is -4.59. The number of aliphatic hydroxyl groups is 1. The van der Waals surface area contributed by atoms with E-state index in [-0.39, 0.29) is 0 Å². The number of Topliss-reactive ketones (excluding diaryl/α,β-unsaturated/α-hetero) is 1. The number of ketones is 1. The van der Waals surface area contributed by atoms with Crippen molar-refractivity contribution in [2.45, 2.75) is 51.8 Å². The van der Waals surface area contributed by atoms with E-state index >= 15 is 0 Å². The molecule has 22 heavy (non-hydrogen) atoms. The third-order valence-corrected chi connectivity index (χ3v) is 3.06. The maximum Gasteiger partial charge on any atom is 0.303 e. The molecule has 1 saturated heterocycles. The highest BCUT2D eigenvalue weighted by molar-refractivity contribution is 5.90. The average molecular weight is 318 g/mol. The molecule has 1 aliphatic heterocycles. The third kappa shape index (κ3) is 3.60. The third-order valence-electron chi connectivity index (χ3n) is 3.06. The van der Waals surface area contributed by atoms with E-state index in [9.17, 15) is 24.3 Å². The van der Waals surface area contributed by atoms with E-state index in [0.717, 1.165) is 27.7 Å². The summed E-state index contributed by atoms with van der Waals surface area (Å²) in [4.78, 5) is 45.6. The van der Waals surface area contributed by atoms with Gasteiger partial charge in [-0.05, 0) is 6.92 Å². The summed E-state index contributed by atoms with van der Waals surface area (Å²) in [6, 6.07) is 0. The van der Waals surface area contributed by atoms with Crippen LogP contribution in [-0.2, 0) is 38.1 Å². The van der Waals surface area contributed by atoms with Gasteiger partial charge in [0.25, 0.3) is 0 Å². The van der Waals surface area contributed by atoms with Crippen molar-refractivity contribution >= 4 is 23.7 Å². The fourth-order valence-corrected chi connectivity index (χ4v) is 2.28. The Kier molecular flexibility index (Phi) is 5.61. The van der Waals surface area contributed by atoms with E-state index in [2.05, 4.69) is 0 Å². The van der Waals surface area contributed by atoms with Crippen LogP contribution >= 0.6 is 0 Å². The first-order chi connectivity index (χ1) is 10.1. The van der Waals surface area contributed by atoms with Crippen LogP contribution < -0.4 is 0 Å². The summed E-state index contributed by atoms with van der Waals surface area (Å²) in [5.41, 5.74) is -2.09. The first kappa shape index (κ1) is 18.1. The molecule has 124 valence electrons. The van der Waals surface area contributed by atoms with Crippen molar-refractivity contribution in [2.75, 3.05) is 6.61 Å². The molecule has 1 aliphatic rings. The number of carbonyl (C=O) groups excluding carboxylic acids is 4. The summed E-state index contributed by atoms with van der Waals surface area (Å²) in [6.45, 7) is 3.86. The van der Waals surface area contributed by atoms with Gasteiger partial charge >= 0.3 is 17.9 Å². The Hall–Kier alpha value is -2.00. The van der Waals surface area contributed by atoms with E-state index in [1.54, 1.807) is 0 Å². The minimum Gasteiger partial charge on any atom is -0.463 e. The van der Waals surface area contributed by atoms with E-state index < -0.39 is 54.4 Å². The number of aliphatic hydroxyl groups excluding tert-OH is 1. The topological polar surface area (TPSA) is 125 Å². The Bertz CT molecular complexity index is 486. The lowest BCUT2D eigenvalue weighted by Crippen LogP contribution is -2.59. The van der Waals surface area contributed by atoms with Gasteiger partial charge in [-0.2, -0.15) is 0 Å². The van der Waals surface area contributed by atoms with Crippen molar-refractivity contribution < 1.29 is 43.2 Å². The van der Waals surface area contributed by atoms with Crippen LogP contribution in [0.2, 0.25) is 0 Å². The minimum atomic E-state index is -2.09. The summed E-state index contributed by atoms with van der Waals surface area (Å²) in [5, 5.41) is 9.89. The average Bonchev–Trinajstić information content (AvgIpc) is 2.61. The minimum absolute atomic E-state index is 0.461. The van der Waals surface area contributed by atoms with Gasteiger partial charge in [-0.3, -0.25) is 19.2 Å². The van der Waals surface area contributed by atoms with Gasteiger partial charge in [0, 0.05) is 20.8 Å². The normalized spacial score (nSPS) is 30.5. The standard InChI is InChI=1S/C13H18O9/c1-6(14)13(22-9(4)17)10(5-19-7(2)15)21-12(18)11(13)20-8(3)16/h10-12,18H,5H2,1-4H3/t10-,11+,12+,13-/m1/s1. The van der Waals surface area contributed by atoms with E-state index in [1.807, 2.05) is 0 Å². The SMILES string of the molecule is CC(=O)OC[C@H]1O[C@H](O)[C@H](OC(C)=O)[C@@]1(OC(C)=O)C(C)=O. The molecule has 0 amide bonds. The summed E-state index contributed by atoms with van der Waals surface area (Å²) < 4.78 is 19.8. The molecule has 1 rings (SSSR count). The molecule has 1 N–H and O–H groups in total. The summed E-state index contributed by atoms with van der Waals surface area (Å²) in [5.74, 6) is -3.03. The van der Waals surface area contributed by atoms with Gasteiger partial charge in [-0.1, -0.05) is 0 Å². The molecule has 0 aromatic heterocycles. The Morgan fingerprint density at radius 2 is 1.64 bits per heavy atom. The highest BCUT2D eigenvalue weighted by Crippen LogP contribution is 2.37. The first-order valence-electron chi connectivity index (χ1n) is 6.46. The highest BCUT2D eigenvalue weighted by Gasteiger charge is 2.65. The maximum atomic E-state index is 12.1. The fourth-order valence-electron chi connectivity index (χ4n) is 2.28. The lowest BCUT2D eigenvalue weighted by Gasteiger charge is -2.33. The van der Waals surface area contributed by atoms with Crippen LogP contribution in [0.3, 0.4) is 0 Å². The zero-order valence-corrected chi connectivity index (χ0v) is 12.7. The second kappa shape index (κ2) is 6.84.